The van der Waals surface area contributed by atoms with Gasteiger partial charge in [-0.15, -0.1) is 0 Å². The van der Waals surface area contributed by atoms with Crippen molar-refractivity contribution in [2.75, 3.05) is 0 Å². The van der Waals surface area contributed by atoms with Crippen LogP contribution in [0.4, 0.5) is 0 Å². The first kappa shape index (κ1) is 16.3. The van der Waals surface area contributed by atoms with Gasteiger partial charge >= 0.3 is 0 Å². The van der Waals surface area contributed by atoms with Gasteiger partial charge in [0.05, 0.1) is 15.6 Å². The zero-order valence-corrected chi connectivity index (χ0v) is 14.0. The first-order chi connectivity index (χ1) is 10.0. The number of halogens is 2. The molecule has 0 aliphatic rings. The van der Waals surface area contributed by atoms with Crippen molar-refractivity contribution < 1.29 is 9.36 Å². The Bertz CT molecular complexity index is 661. The third-order valence-electron chi connectivity index (χ3n) is 3.15. The Morgan fingerprint density at radius 1 is 1.05 bits per heavy atom. The maximum atomic E-state index is 12.4. The van der Waals surface area contributed by atoms with E-state index in [1.165, 1.54) is 5.56 Å². The number of rotatable bonds is 5. The van der Waals surface area contributed by atoms with Crippen LogP contribution >= 0.6 is 31.0 Å². The minimum absolute atomic E-state index is 0.141. The molecule has 0 aliphatic heterocycles. The summed E-state index contributed by atoms with van der Waals surface area (Å²) < 4.78 is 12.4. The molecule has 0 saturated heterocycles. The van der Waals surface area contributed by atoms with Gasteiger partial charge < -0.3 is 4.57 Å². The Hall–Kier alpha value is -1.08. The smallest absolute Gasteiger partial charge is 0.225 e. The highest BCUT2D eigenvalue weighted by Crippen LogP contribution is 2.34. The molecule has 110 valence electrons. The van der Waals surface area contributed by atoms with Gasteiger partial charge in [-0.25, -0.2) is 0 Å². The van der Waals surface area contributed by atoms with E-state index in [1.54, 1.807) is 30.3 Å². The largest absolute Gasteiger partial charge is 0.313 e. The van der Waals surface area contributed by atoms with Gasteiger partial charge in [0.2, 0.25) is 5.52 Å². The molecule has 1 unspecified atom stereocenters. The van der Waals surface area contributed by atoms with Gasteiger partial charge in [-0.05, 0) is 24.1 Å². The van der Waals surface area contributed by atoms with Crippen molar-refractivity contribution in [2.45, 2.75) is 19.8 Å². The van der Waals surface area contributed by atoms with Crippen molar-refractivity contribution >= 4 is 41.8 Å². The zero-order chi connectivity index (χ0) is 15.4. The lowest BCUT2D eigenvalue weighted by Gasteiger charge is -2.07. The molecule has 5 heteroatoms. The Morgan fingerprint density at radius 3 is 2.14 bits per heavy atom. The van der Waals surface area contributed by atoms with Crippen LogP contribution in [0.2, 0.25) is 10.0 Å². The number of benzene rings is 2. The summed E-state index contributed by atoms with van der Waals surface area (Å²) >= 11 is 12.0. The summed E-state index contributed by atoms with van der Waals surface area (Å²) in [7, 11) is -2.63. The molecular weight excluding hydrogens is 326 g/mol. The van der Waals surface area contributed by atoms with E-state index in [0.29, 0.717) is 5.30 Å². The summed E-state index contributed by atoms with van der Waals surface area (Å²) in [6, 6.07) is 12.1. The van der Waals surface area contributed by atoms with Crippen LogP contribution in [-0.4, -0.2) is 5.52 Å². The van der Waals surface area contributed by atoms with E-state index in [2.05, 4.69) is 6.92 Å². The standard InChI is InChI=1S/C16H15Cl2O2P/c1-2-4-11-7-9-12(10-8-11)21(20)16(19)15-13(17)5-3-6-14(15)18/h3,5-10,21H,2,4H2,1H3. The van der Waals surface area contributed by atoms with Gasteiger partial charge in [0, 0.05) is 5.30 Å². The molecule has 21 heavy (non-hydrogen) atoms. The molecule has 0 aromatic heterocycles. The molecule has 0 fully saturated rings. The Balaban J connectivity index is 2.29. The lowest BCUT2D eigenvalue weighted by Crippen LogP contribution is -2.05. The van der Waals surface area contributed by atoms with Crippen LogP contribution in [0.1, 0.15) is 29.3 Å². The monoisotopic (exact) mass is 340 g/mol. The molecule has 0 bridgehead atoms. The van der Waals surface area contributed by atoms with Crippen molar-refractivity contribution in [1.29, 1.82) is 0 Å². The van der Waals surface area contributed by atoms with Crippen LogP contribution in [0.3, 0.4) is 0 Å². The van der Waals surface area contributed by atoms with Crippen LogP contribution in [-0.2, 0) is 11.0 Å². The molecule has 0 heterocycles. The number of aryl methyl sites for hydroxylation is 1. The first-order valence-corrected chi connectivity index (χ1v) is 8.83. The van der Waals surface area contributed by atoms with Crippen LogP contribution in [0.15, 0.2) is 42.5 Å². The zero-order valence-electron chi connectivity index (χ0n) is 11.5. The Morgan fingerprint density at radius 2 is 1.62 bits per heavy atom. The second-order valence-corrected chi connectivity index (χ2v) is 7.21. The van der Waals surface area contributed by atoms with Gasteiger partial charge in [-0.2, -0.15) is 0 Å². The fourth-order valence-corrected chi connectivity index (χ4v) is 4.03. The number of carbonyl (C=O) groups is 1. The van der Waals surface area contributed by atoms with E-state index >= 15 is 0 Å². The topological polar surface area (TPSA) is 34.1 Å². The molecular formula is C16H15Cl2O2P. The minimum Gasteiger partial charge on any atom is -0.313 e. The van der Waals surface area contributed by atoms with E-state index < -0.39 is 13.3 Å². The number of hydrogen-bond donors (Lipinski definition) is 0. The summed E-state index contributed by atoms with van der Waals surface area (Å²) in [5.74, 6) is 0. The van der Waals surface area contributed by atoms with Crippen molar-refractivity contribution in [3.05, 3.63) is 63.6 Å². The fourth-order valence-electron chi connectivity index (χ4n) is 2.07. The molecule has 2 nitrogen and oxygen atoms in total. The molecule has 0 aliphatic carbocycles. The minimum atomic E-state index is -2.63. The number of carbonyl (C=O) groups excluding carboxylic acids is 1. The van der Waals surface area contributed by atoms with Gasteiger partial charge in [-0.1, -0.05) is 66.9 Å². The second kappa shape index (κ2) is 7.26. The quantitative estimate of drug-likeness (QED) is 0.720. The maximum Gasteiger partial charge on any atom is 0.225 e. The van der Waals surface area contributed by atoms with Gasteiger partial charge in [-0.3, -0.25) is 4.79 Å². The van der Waals surface area contributed by atoms with Crippen LogP contribution < -0.4 is 5.30 Å². The Labute approximate surface area is 134 Å². The SMILES string of the molecule is CCCc1ccc([PH](=O)C(=O)c2c(Cl)cccc2Cl)cc1. The molecule has 1 atom stereocenters. The lowest BCUT2D eigenvalue weighted by molar-refractivity contribution is 0.108. The average Bonchev–Trinajstić information content (AvgIpc) is 2.47. The number of hydrogen-bond acceptors (Lipinski definition) is 2. The molecule has 2 rings (SSSR count). The third-order valence-corrected chi connectivity index (χ3v) is 5.30. The fraction of sp³-hybridized carbons (Fsp3) is 0.188. The predicted molar refractivity (Wildman–Crippen MR) is 89.9 cm³/mol. The Kier molecular flexibility index (Phi) is 5.64. The highest BCUT2D eigenvalue weighted by Gasteiger charge is 2.21. The van der Waals surface area contributed by atoms with E-state index in [0.717, 1.165) is 12.8 Å². The highest BCUT2D eigenvalue weighted by atomic mass is 35.5. The summed E-state index contributed by atoms with van der Waals surface area (Å²) in [4.78, 5) is 12.4. The molecule has 2 aromatic carbocycles. The van der Waals surface area contributed by atoms with Crippen molar-refractivity contribution in [3.63, 3.8) is 0 Å². The maximum absolute atomic E-state index is 12.4. The van der Waals surface area contributed by atoms with Crippen LogP contribution in [0.25, 0.3) is 0 Å². The van der Waals surface area contributed by atoms with Crippen molar-refractivity contribution in [3.8, 4) is 0 Å². The van der Waals surface area contributed by atoms with Crippen molar-refractivity contribution in [1.82, 2.24) is 0 Å². The van der Waals surface area contributed by atoms with E-state index in [1.807, 2.05) is 12.1 Å². The summed E-state index contributed by atoms with van der Waals surface area (Å²) in [5, 5.41) is 0.989. The summed E-state index contributed by atoms with van der Waals surface area (Å²) in [5.41, 5.74) is 0.806. The molecule has 0 spiro atoms. The third kappa shape index (κ3) is 3.77. The van der Waals surface area contributed by atoms with E-state index in [9.17, 15) is 9.36 Å². The molecule has 0 N–H and O–H groups in total. The van der Waals surface area contributed by atoms with Crippen molar-refractivity contribution in [2.24, 2.45) is 0 Å². The van der Waals surface area contributed by atoms with Crippen LogP contribution in [0.5, 0.6) is 0 Å². The van der Waals surface area contributed by atoms with E-state index in [-0.39, 0.29) is 15.6 Å². The second-order valence-electron chi connectivity index (χ2n) is 4.70. The van der Waals surface area contributed by atoms with Gasteiger partial charge in [0.15, 0.2) is 7.80 Å². The lowest BCUT2D eigenvalue weighted by atomic mass is 10.1. The normalized spacial score (nSPS) is 12.1. The average molecular weight is 341 g/mol. The summed E-state index contributed by atoms with van der Waals surface area (Å²) in [6.07, 6.45) is 2.01. The predicted octanol–water partition coefficient (Wildman–Crippen LogP) is 4.97. The van der Waals surface area contributed by atoms with Gasteiger partial charge in [0.25, 0.3) is 0 Å². The molecule has 0 radical (unpaired) electrons. The highest BCUT2D eigenvalue weighted by molar-refractivity contribution is 7.71. The van der Waals surface area contributed by atoms with E-state index in [4.69, 9.17) is 23.2 Å². The molecule has 0 saturated carbocycles. The van der Waals surface area contributed by atoms with Gasteiger partial charge in [0.1, 0.15) is 0 Å². The molecule has 0 amide bonds. The first-order valence-electron chi connectivity index (χ1n) is 6.66. The van der Waals surface area contributed by atoms with Crippen LogP contribution in [0, 0.1) is 0 Å². The summed E-state index contributed by atoms with van der Waals surface area (Å²) in [6.45, 7) is 2.10. The molecule has 2 aromatic rings.